The molecule has 3 rings (SSSR count). The Kier molecular flexibility index (Phi) is 4.06. The van der Waals surface area contributed by atoms with E-state index in [1.165, 1.54) is 48.1 Å². The van der Waals surface area contributed by atoms with Gasteiger partial charge in [0.2, 0.25) is 0 Å². The molecule has 1 aromatic rings. The van der Waals surface area contributed by atoms with Gasteiger partial charge in [0.15, 0.2) is 0 Å². The largest absolute Gasteiger partial charge is 0.250 e. The third kappa shape index (κ3) is 2.53. The zero-order valence-corrected chi connectivity index (χ0v) is 13.7. The van der Waals surface area contributed by atoms with Crippen LogP contribution in [0.2, 0.25) is 0 Å². The van der Waals surface area contributed by atoms with Crippen molar-refractivity contribution >= 4 is 32.8 Å². The predicted octanol–water partition coefficient (Wildman–Crippen LogP) is 5.27. The molecule has 1 aromatic carbocycles. The molecule has 0 saturated heterocycles. The Bertz CT molecular complexity index is 486. The topological polar surface area (TPSA) is 12.0 Å². The first kappa shape index (κ1) is 13.7. The van der Waals surface area contributed by atoms with E-state index in [2.05, 4.69) is 51.8 Å². The Balaban J connectivity index is 1.91. The van der Waals surface area contributed by atoms with Crippen LogP contribution in [-0.4, -0.2) is 5.54 Å². The van der Waals surface area contributed by atoms with Crippen molar-refractivity contribution in [3.8, 4) is 0 Å². The minimum Gasteiger partial charge on any atom is -0.250 e. The SMILES string of the molecule is CC1=C(c2ccc(CBr)cc2)SNC12CCCCC2. The molecule has 1 fully saturated rings. The monoisotopic (exact) mass is 337 g/mol. The molecule has 0 aromatic heterocycles. The summed E-state index contributed by atoms with van der Waals surface area (Å²) in [5.74, 6) is 0. The van der Waals surface area contributed by atoms with Gasteiger partial charge < -0.3 is 0 Å². The van der Waals surface area contributed by atoms with Crippen LogP contribution in [0.5, 0.6) is 0 Å². The van der Waals surface area contributed by atoms with Gasteiger partial charge in [0.1, 0.15) is 0 Å². The van der Waals surface area contributed by atoms with E-state index in [0.717, 1.165) is 5.33 Å². The third-order valence-corrected chi connectivity index (χ3v) is 6.37. The summed E-state index contributed by atoms with van der Waals surface area (Å²) in [5.41, 5.74) is 4.54. The van der Waals surface area contributed by atoms with E-state index in [-0.39, 0.29) is 5.54 Å². The number of alkyl halides is 1. The van der Waals surface area contributed by atoms with Crippen LogP contribution in [0.4, 0.5) is 0 Å². The van der Waals surface area contributed by atoms with E-state index < -0.39 is 0 Å². The summed E-state index contributed by atoms with van der Waals surface area (Å²) < 4.78 is 3.73. The van der Waals surface area contributed by atoms with Crippen molar-refractivity contribution in [2.45, 2.75) is 49.9 Å². The van der Waals surface area contributed by atoms with Crippen molar-refractivity contribution < 1.29 is 0 Å². The van der Waals surface area contributed by atoms with Crippen molar-refractivity contribution in [2.75, 3.05) is 0 Å². The van der Waals surface area contributed by atoms with Crippen LogP contribution in [0.25, 0.3) is 4.91 Å². The molecule has 19 heavy (non-hydrogen) atoms. The first-order valence-corrected chi connectivity index (χ1v) is 9.00. The molecular weight excluding hydrogens is 318 g/mol. The maximum atomic E-state index is 3.73. The second-order valence-electron chi connectivity index (χ2n) is 5.63. The molecule has 0 atom stereocenters. The van der Waals surface area contributed by atoms with E-state index in [1.54, 1.807) is 5.57 Å². The second kappa shape index (κ2) is 5.63. The molecular formula is C16H20BrNS. The van der Waals surface area contributed by atoms with Crippen LogP contribution in [0, 0.1) is 0 Å². The molecule has 1 N–H and O–H groups in total. The quantitative estimate of drug-likeness (QED) is 0.583. The van der Waals surface area contributed by atoms with Gasteiger partial charge in [-0.3, -0.25) is 0 Å². The molecule has 1 spiro atoms. The number of benzene rings is 1. The molecule has 0 bridgehead atoms. The Labute approximate surface area is 128 Å². The zero-order chi connectivity index (χ0) is 13.3. The molecule has 1 saturated carbocycles. The van der Waals surface area contributed by atoms with E-state index in [1.807, 2.05) is 11.9 Å². The predicted molar refractivity (Wildman–Crippen MR) is 88.2 cm³/mol. The molecule has 0 amide bonds. The molecule has 1 nitrogen and oxygen atoms in total. The van der Waals surface area contributed by atoms with Gasteiger partial charge in [-0.1, -0.05) is 59.5 Å². The molecule has 3 heteroatoms. The van der Waals surface area contributed by atoms with E-state index in [4.69, 9.17) is 0 Å². The Morgan fingerprint density at radius 3 is 2.47 bits per heavy atom. The van der Waals surface area contributed by atoms with Gasteiger partial charge in [-0.2, -0.15) is 0 Å². The van der Waals surface area contributed by atoms with Crippen LogP contribution < -0.4 is 4.72 Å². The van der Waals surface area contributed by atoms with Crippen LogP contribution in [0.1, 0.15) is 50.2 Å². The van der Waals surface area contributed by atoms with Crippen molar-refractivity contribution in [1.82, 2.24) is 4.72 Å². The van der Waals surface area contributed by atoms with Gasteiger partial charge in [-0.15, -0.1) is 0 Å². The van der Waals surface area contributed by atoms with Crippen LogP contribution >= 0.6 is 27.9 Å². The first-order valence-electron chi connectivity index (χ1n) is 7.06. The number of rotatable bonds is 2. The summed E-state index contributed by atoms with van der Waals surface area (Å²) >= 11 is 5.35. The average molecular weight is 338 g/mol. The molecule has 1 aliphatic carbocycles. The number of halogens is 1. The highest BCUT2D eigenvalue weighted by Gasteiger charge is 2.39. The summed E-state index contributed by atoms with van der Waals surface area (Å²) in [7, 11) is 0. The number of hydrogen-bond acceptors (Lipinski definition) is 2. The van der Waals surface area contributed by atoms with Gasteiger partial charge in [-0.25, -0.2) is 4.72 Å². The van der Waals surface area contributed by atoms with Gasteiger partial charge in [-0.05, 0) is 48.4 Å². The fraction of sp³-hybridized carbons (Fsp3) is 0.500. The van der Waals surface area contributed by atoms with Crippen LogP contribution in [0.3, 0.4) is 0 Å². The fourth-order valence-corrected chi connectivity index (χ4v) is 4.80. The second-order valence-corrected chi connectivity index (χ2v) is 7.01. The highest BCUT2D eigenvalue weighted by Crippen LogP contribution is 2.47. The lowest BCUT2D eigenvalue weighted by atomic mass is 9.77. The van der Waals surface area contributed by atoms with Gasteiger partial charge in [0.25, 0.3) is 0 Å². The van der Waals surface area contributed by atoms with E-state index >= 15 is 0 Å². The average Bonchev–Trinajstić information content (AvgIpc) is 2.77. The van der Waals surface area contributed by atoms with Crippen molar-refractivity contribution in [3.63, 3.8) is 0 Å². The van der Waals surface area contributed by atoms with Gasteiger partial charge in [0, 0.05) is 10.2 Å². The van der Waals surface area contributed by atoms with Crippen molar-refractivity contribution in [3.05, 3.63) is 41.0 Å². The van der Waals surface area contributed by atoms with E-state index in [9.17, 15) is 0 Å². The van der Waals surface area contributed by atoms with Crippen molar-refractivity contribution in [2.24, 2.45) is 0 Å². The molecule has 1 heterocycles. The fourth-order valence-electron chi connectivity index (χ4n) is 3.17. The van der Waals surface area contributed by atoms with Gasteiger partial charge in [0.05, 0.1) is 5.54 Å². The van der Waals surface area contributed by atoms with Crippen molar-refractivity contribution in [1.29, 1.82) is 0 Å². The van der Waals surface area contributed by atoms with Crippen LogP contribution in [-0.2, 0) is 5.33 Å². The lowest BCUT2D eigenvalue weighted by Crippen LogP contribution is -2.41. The highest BCUT2D eigenvalue weighted by atomic mass is 79.9. The Hall–Kier alpha value is -0.250. The third-order valence-electron chi connectivity index (χ3n) is 4.48. The Morgan fingerprint density at radius 2 is 1.84 bits per heavy atom. The van der Waals surface area contributed by atoms with Crippen LogP contribution in [0.15, 0.2) is 29.8 Å². The lowest BCUT2D eigenvalue weighted by Gasteiger charge is -2.34. The summed E-state index contributed by atoms with van der Waals surface area (Å²) in [6, 6.07) is 8.95. The smallest absolute Gasteiger partial charge is 0.0506 e. The maximum absolute atomic E-state index is 3.73. The summed E-state index contributed by atoms with van der Waals surface area (Å²) in [4.78, 5) is 1.45. The molecule has 1 aliphatic heterocycles. The standard InChI is InChI=1S/C16H20BrNS/c1-12-15(14-7-5-13(11-17)6-8-14)19-18-16(12)9-3-2-4-10-16/h5-8,18H,2-4,9-11H2,1H3. The molecule has 102 valence electrons. The summed E-state index contributed by atoms with van der Waals surface area (Å²) in [6.07, 6.45) is 6.72. The zero-order valence-electron chi connectivity index (χ0n) is 11.3. The van der Waals surface area contributed by atoms with Gasteiger partial charge >= 0.3 is 0 Å². The Morgan fingerprint density at radius 1 is 1.16 bits per heavy atom. The molecule has 0 radical (unpaired) electrons. The molecule has 0 unspecified atom stereocenters. The minimum absolute atomic E-state index is 0.284. The first-order chi connectivity index (χ1) is 9.25. The summed E-state index contributed by atoms with van der Waals surface area (Å²) in [6.45, 7) is 2.33. The minimum atomic E-state index is 0.284. The summed E-state index contributed by atoms with van der Waals surface area (Å²) in [5, 5.41) is 0.931. The maximum Gasteiger partial charge on any atom is 0.0506 e. The normalized spacial score (nSPS) is 22.2. The number of nitrogens with one attached hydrogen (secondary N) is 1. The highest BCUT2D eigenvalue weighted by molar-refractivity contribution is 9.08. The number of hydrogen-bond donors (Lipinski definition) is 1. The lowest BCUT2D eigenvalue weighted by molar-refractivity contribution is 0.326. The van der Waals surface area contributed by atoms with E-state index in [0.29, 0.717) is 0 Å². The molecule has 2 aliphatic rings.